The molecule has 0 atom stereocenters. The maximum atomic E-state index is 12.2. The van der Waals surface area contributed by atoms with Crippen LogP contribution in [0.1, 0.15) is 278 Å². The predicted octanol–water partition coefficient (Wildman–Crippen LogP) is 14.3. The van der Waals surface area contributed by atoms with Gasteiger partial charge in [-0.2, -0.15) is 0 Å². The molecule has 7 rings (SSSR count). The van der Waals surface area contributed by atoms with Gasteiger partial charge >= 0.3 is 11.9 Å². The molecule has 7 aromatic rings. The van der Waals surface area contributed by atoms with Gasteiger partial charge in [0, 0.05) is 152 Å². The Bertz CT molecular complexity index is 4610. The van der Waals surface area contributed by atoms with Crippen LogP contribution in [-0.4, -0.2) is 146 Å². The van der Waals surface area contributed by atoms with E-state index < -0.39 is 33.5 Å². The van der Waals surface area contributed by atoms with E-state index in [0.29, 0.717) is 98.8 Å². The molecule has 0 fully saturated rings. The Labute approximate surface area is 764 Å². The van der Waals surface area contributed by atoms with Gasteiger partial charge in [-0.1, -0.05) is 230 Å². The monoisotopic (exact) mass is 1780 g/mol. The number of amides is 12. The number of carboxylic acids is 1. The molecule has 28 nitrogen and oxygen atoms in total. The summed E-state index contributed by atoms with van der Waals surface area (Å²) < 4.78 is 4.61. The van der Waals surface area contributed by atoms with Gasteiger partial charge in [-0.15, -0.1) is 0 Å². The standard InChI is InChI=1S/C17H26N2O2.2C15H22N2O2.C14H20N2O2.C14H19NO3.C13H18N2O2.C13H17NO3/c1-6-19(7-2)15(20)14-10-8-13(9-11-14)12-18-16(21)17(3,4)5;1-15(2,3)14(19)16-10-11-6-8-12(9-7-11)13(18)17(4)5;1-5-16-13(18)12-8-6-11(7-9-12)10-17-14(19)15(2,3)4;1-14(2,3)13(18)16-9-10-5-7-11(8-6-10)12(17)15-4;1-14(2,3)13(17)15-9-10-5-7-11(8-6-10)12(16)18-4;1-13(2,3)12(17)15-8-9-4-6-10(7-5-9)11(14)16;1-13(2,3)12(17)14-8-9-4-6-10(7-5-9)11(15)16/h8-11H,6-7,12H2,1-5H3,(H,18,21);6-9H,10H2,1-5H3,(H,16,19);6-9H,5,10H2,1-4H3,(H,16,18)(H,17,19);5-8H,9H2,1-4H3,(H,15,17)(H,16,18);5-8H,9H2,1-4H3,(H,15,17);4-7H,8H2,1-3H3,(H2,14,16)(H,15,17);4-7H,8H2,1-3H3,(H,14,17)(H,15,16). The molecule has 0 spiro atoms. The number of aromatic carboxylic acids is 1. The van der Waals surface area contributed by atoms with Crippen LogP contribution >= 0.6 is 0 Å². The molecule has 0 aliphatic heterocycles. The van der Waals surface area contributed by atoms with Crippen molar-refractivity contribution in [1.82, 2.24) is 57.7 Å². The summed E-state index contributed by atoms with van der Waals surface area (Å²) in [6, 6.07) is 49.4. The summed E-state index contributed by atoms with van der Waals surface area (Å²) in [6.45, 7) is 50.3. The lowest BCUT2D eigenvalue weighted by molar-refractivity contribution is -0.129. The Morgan fingerprint density at radius 2 is 0.496 bits per heavy atom. The zero-order valence-electron chi connectivity index (χ0n) is 81.3. The highest BCUT2D eigenvalue weighted by molar-refractivity contribution is 5.97. The normalized spacial score (nSPS) is 11.0. The van der Waals surface area contributed by atoms with Crippen molar-refractivity contribution in [2.75, 3.05) is 47.9 Å². The third kappa shape index (κ3) is 44.9. The number of nitrogens with two attached hydrogens (primary N) is 1. The Kier molecular flexibility index (Phi) is 47.5. The van der Waals surface area contributed by atoms with Crippen molar-refractivity contribution in [2.24, 2.45) is 43.6 Å². The van der Waals surface area contributed by atoms with E-state index in [9.17, 15) is 67.1 Å². The van der Waals surface area contributed by atoms with Crippen molar-refractivity contribution in [3.8, 4) is 0 Å². The molecule has 129 heavy (non-hydrogen) atoms. The highest BCUT2D eigenvalue weighted by Crippen LogP contribution is 2.21. The Hall–Kier alpha value is -12.9. The molecule has 7 aromatic carbocycles. The van der Waals surface area contributed by atoms with Crippen LogP contribution in [0.3, 0.4) is 0 Å². The number of rotatable bonds is 24. The summed E-state index contributed by atoms with van der Waals surface area (Å²) in [5.74, 6) is -1.89. The van der Waals surface area contributed by atoms with Crippen LogP contribution in [0.2, 0.25) is 0 Å². The summed E-state index contributed by atoms with van der Waals surface area (Å²) in [6.07, 6.45) is 0. The van der Waals surface area contributed by atoms with Crippen LogP contribution in [0.25, 0.3) is 0 Å². The van der Waals surface area contributed by atoms with Crippen molar-refractivity contribution in [3.05, 3.63) is 248 Å². The number of carbonyl (C=O) groups is 14. The van der Waals surface area contributed by atoms with Crippen molar-refractivity contribution in [3.63, 3.8) is 0 Å². The van der Waals surface area contributed by atoms with Gasteiger partial charge in [-0.3, -0.25) is 57.5 Å². The number of carboxylic acid groups (broad SMARTS) is 1. The predicted molar refractivity (Wildman–Crippen MR) is 508 cm³/mol. The summed E-state index contributed by atoms with van der Waals surface area (Å²) in [7, 11) is 6.39. The minimum atomic E-state index is -0.949. The molecule has 0 radical (unpaired) electrons. The van der Waals surface area contributed by atoms with E-state index in [-0.39, 0.29) is 92.8 Å². The maximum Gasteiger partial charge on any atom is 0.337 e. The zero-order valence-corrected chi connectivity index (χ0v) is 81.3. The molecule has 0 unspecified atom stereocenters. The van der Waals surface area contributed by atoms with Gasteiger partial charge in [-0.25, -0.2) is 9.59 Å². The van der Waals surface area contributed by atoms with Gasteiger partial charge in [0.15, 0.2) is 0 Å². The lowest BCUT2D eigenvalue weighted by Gasteiger charge is -2.19. The average molecular weight is 1780 g/mol. The fourth-order valence-electron chi connectivity index (χ4n) is 10.00. The highest BCUT2D eigenvalue weighted by Gasteiger charge is 2.27. The molecule has 12 amide bonds. The van der Waals surface area contributed by atoms with Crippen LogP contribution in [0.15, 0.2) is 170 Å². The Morgan fingerprint density at radius 3 is 0.682 bits per heavy atom. The van der Waals surface area contributed by atoms with E-state index in [0.717, 1.165) is 38.9 Å². The third-order valence-electron chi connectivity index (χ3n) is 18.6. The molecule has 0 aliphatic rings. The molecule has 0 aromatic heterocycles. The molecular weight excluding hydrogens is 1640 g/mol. The highest BCUT2D eigenvalue weighted by atomic mass is 16.5. The molecule has 0 bridgehead atoms. The number of nitrogens with zero attached hydrogens (tertiary/aromatic N) is 2. The number of methoxy groups -OCH3 is 1. The Balaban J connectivity index is 0.000000753. The second-order valence-corrected chi connectivity index (χ2v) is 37.7. The number of carbonyl (C=O) groups excluding carboxylic acids is 13. The van der Waals surface area contributed by atoms with E-state index in [1.807, 2.05) is 227 Å². The maximum absolute atomic E-state index is 12.2. The van der Waals surface area contributed by atoms with E-state index in [1.165, 1.54) is 24.1 Å². The number of hydrogen-bond acceptors (Lipinski definition) is 15. The van der Waals surface area contributed by atoms with Gasteiger partial charge < -0.3 is 73.2 Å². The van der Waals surface area contributed by atoms with Crippen LogP contribution in [0.4, 0.5) is 0 Å². The molecular formula is C101H144N12O16. The SMILES string of the molecule is CC(C)(C)C(=O)NCc1ccc(C(=O)O)cc1.CC(C)(C)C(=O)NCc1ccc(C(N)=O)cc1.CCN(CC)C(=O)c1ccc(CNC(=O)C(C)(C)C)cc1.CCNC(=O)c1ccc(CNC(=O)C(C)(C)C)cc1.CN(C)C(=O)c1ccc(CNC(=O)C(C)(C)C)cc1.CNC(=O)c1ccc(CNC(=O)C(C)(C)C)cc1.COC(=O)c1ccc(CNC(=O)C(C)(C)C)cc1. The number of nitrogens with one attached hydrogen (secondary N) is 9. The van der Waals surface area contributed by atoms with Gasteiger partial charge in [0.05, 0.1) is 18.2 Å². The van der Waals surface area contributed by atoms with Gasteiger partial charge in [0.1, 0.15) is 0 Å². The van der Waals surface area contributed by atoms with Crippen molar-refractivity contribution < 1.29 is 77.0 Å². The first-order valence-corrected chi connectivity index (χ1v) is 42.9. The molecule has 0 saturated heterocycles. The fourth-order valence-corrected chi connectivity index (χ4v) is 10.00. The van der Waals surface area contributed by atoms with Crippen LogP contribution < -0.4 is 53.6 Å². The Morgan fingerprint density at radius 1 is 0.295 bits per heavy atom. The number of primary amides is 1. The topological polar surface area (TPSA) is 409 Å². The molecule has 0 aliphatic carbocycles. The number of hydrogen-bond donors (Lipinski definition) is 11. The van der Waals surface area contributed by atoms with Gasteiger partial charge in [0.25, 0.3) is 23.6 Å². The van der Waals surface area contributed by atoms with Gasteiger partial charge in [0.2, 0.25) is 47.3 Å². The van der Waals surface area contributed by atoms with Crippen LogP contribution in [-0.2, 0) is 84.1 Å². The van der Waals surface area contributed by atoms with E-state index in [4.69, 9.17) is 10.8 Å². The zero-order chi connectivity index (χ0) is 98.8. The largest absolute Gasteiger partial charge is 0.478 e. The van der Waals surface area contributed by atoms with E-state index >= 15 is 0 Å². The number of benzene rings is 7. The molecule has 12 N–H and O–H groups in total. The quantitative estimate of drug-likeness (QED) is 0.0250. The third-order valence-corrected chi connectivity index (χ3v) is 18.6. The minimum Gasteiger partial charge on any atom is -0.478 e. The lowest BCUT2D eigenvalue weighted by Crippen LogP contribution is -2.34. The second kappa shape index (κ2) is 53.7. The summed E-state index contributed by atoms with van der Waals surface area (Å²) in [5, 5.41) is 34.0. The molecule has 28 heteroatoms. The second-order valence-electron chi connectivity index (χ2n) is 37.7. The smallest absolute Gasteiger partial charge is 0.337 e. The summed E-state index contributed by atoms with van der Waals surface area (Å²) >= 11 is 0. The summed E-state index contributed by atoms with van der Waals surface area (Å²) in [4.78, 5) is 165. The van der Waals surface area contributed by atoms with Crippen molar-refractivity contribution in [1.29, 1.82) is 0 Å². The first-order chi connectivity index (χ1) is 59.6. The number of esters is 1. The number of ether oxygens (including phenoxy) is 1. The van der Waals surface area contributed by atoms with E-state index in [1.54, 1.807) is 123 Å². The summed E-state index contributed by atoms with van der Waals surface area (Å²) in [5.41, 5.74) is 12.9. The minimum absolute atomic E-state index is 0.000422. The first-order valence-electron chi connectivity index (χ1n) is 42.9. The molecule has 0 saturated carbocycles. The van der Waals surface area contributed by atoms with Crippen LogP contribution in [0, 0.1) is 37.9 Å². The van der Waals surface area contributed by atoms with Crippen molar-refractivity contribution in [2.45, 2.75) is 212 Å². The van der Waals surface area contributed by atoms with Gasteiger partial charge in [-0.05, 0) is 145 Å². The average Bonchev–Trinajstić information content (AvgIpc) is 0.874. The fraction of sp³-hybridized carbons (Fsp3) is 0.446. The molecule has 0 heterocycles. The van der Waals surface area contributed by atoms with Crippen LogP contribution in [0.5, 0.6) is 0 Å². The van der Waals surface area contributed by atoms with E-state index in [2.05, 4.69) is 52.6 Å². The molecule has 704 valence electrons. The van der Waals surface area contributed by atoms with Crippen molar-refractivity contribution >= 4 is 82.8 Å². The first kappa shape index (κ1) is 114. The lowest BCUT2D eigenvalue weighted by atomic mass is 9.95.